The molecular formula is C15H18N4O3. The van der Waals surface area contributed by atoms with Gasteiger partial charge in [-0.2, -0.15) is 4.98 Å². The zero-order valence-electron chi connectivity index (χ0n) is 12.4. The first kappa shape index (κ1) is 14.6. The average Bonchev–Trinajstić information content (AvgIpc) is 3.16. The van der Waals surface area contributed by atoms with Gasteiger partial charge in [-0.15, -0.1) is 0 Å². The number of hydrogen-bond donors (Lipinski definition) is 1. The Morgan fingerprint density at radius 2 is 2.14 bits per heavy atom. The summed E-state index contributed by atoms with van der Waals surface area (Å²) in [5.41, 5.74) is 7.07. The molecule has 1 aliphatic rings. The number of nitrogens with two attached hydrogens (primary N) is 1. The molecule has 1 heterocycles. The molecule has 2 aromatic rings. The van der Waals surface area contributed by atoms with Crippen molar-refractivity contribution >= 4 is 5.69 Å². The van der Waals surface area contributed by atoms with Gasteiger partial charge in [0.05, 0.1) is 10.5 Å². The highest BCUT2D eigenvalue weighted by molar-refractivity contribution is 5.60. The Balaban J connectivity index is 1.96. The molecule has 1 saturated carbocycles. The summed E-state index contributed by atoms with van der Waals surface area (Å²) in [5.74, 6) is 0.764. The summed E-state index contributed by atoms with van der Waals surface area (Å²) < 4.78 is 5.27. The minimum Gasteiger partial charge on any atom is -0.334 e. The fourth-order valence-electron chi connectivity index (χ4n) is 2.94. The van der Waals surface area contributed by atoms with Crippen LogP contribution >= 0.6 is 0 Å². The van der Waals surface area contributed by atoms with Gasteiger partial charge in [0.2, 0.25) is 0 Å². The van der Waals surface area contributed by atoms with Crippen LogP contribution in [0.1, 0.15) is 44.0 Å². The third-order valence-corrected chi connectivity index (χ3v) is 4.28. The van der Waals surface area contributed by atoms with Crippen LogP contribution in [-0.2, 0) is 12.0 Å². The highest BCUT2D eigenvalue weighted by atomic mass is 16.6. The molecule has 7 nitrogen and oxygen atoms in total. The van der Waals surface area contributed by atoms with Crippen molar-refractivity contribution in [3.8, 4) is 11.5 Å². The van der Waals surface area contributed by atoms with Crippen LogP contribution in [0.25, 0.3) is 11.5 Å². The number of benzene rings is 1. The van der Waals surface area contributed by atoms with Crippen molar-refractivity contribution in [3.05, 3.63) is 39.7 Å². The monoisotopic (exact) mass is 302 g/mol. The number of hydrogen-bond acceptors (Lipinski definition) is 6. The molecule has 0 bridgehead atoms. The fourth-order valence-corrected chi connectivity index (χ4v) is 2.94. The van der Waals surface area contributed by atoms with Crippen molar-refractivity contribution in [1.82, 2.24) is 10.1 Å². The summed E-state index contributed by atoms with van der Waals surface area (Å²) in [7, 11) is 0. The molecule has 2 N–H and O–H groups in total. The van der Waals surface area contributed by atoms with Crippen molar-refractivity contribution in [1.29, 1.82) is 0 Å². The molecule has 1 aromatic heterocycles. The maximum atomic E-state index is 11.1. The number of rotatable bonds is 4. The van der Waals surface area contributed by atoms with E-state index in [4.69, 9.17) is 10.3 Å². The Morgan fingerprint density at radius 3 is 2.77 bits per heavy atom. The van der Waals surface area contributed by atoms with Gasteiger partial charge in [-0.1, -0.05) is 31.0 Å². The van der Waals surface area contributed by atoms with Gasteiger partial charge in [-0.3, -0.25) is 10.1 Å². The second-order valence-electron chi connectivity index (χ2n) is 5.74. The van der Waals surface area contributed by atoms with Crippen molar-refractivity contribution in [3.63, 3.8) is 0 Å². The van der Waals surface area contributed by atoms with Crippen molar-refractivity contribution in [2.45, 2.75) is 44.6 Å². The highest BCUT2D eigenvalue weighted by Crippen LogP contribution is 2.36. The minimum atomic E-state index is -0.531. The van der Waals surface area contributed by atoms with Crippen LogP contribution < -0.4 is 5.73 Å². The lowest BCUT2D eigenvalue weighted by molar-refractivity contribution is -0.385. The molecule has 0 spiro atoms. The van der Waals surface area contributed by atoms with E-state index in [0.29, 0.717) is 23.4 Å². The third-order valence-electron chi connectivity index (χ3n) is 4.28. The van der Waals surface area contributed by atoms with Gasteiger partial charge in [-0.05, 0) is 25.3 Å². The van der Waals surface area contributed by atoms with Crippen LogP contribution in [0.5, 0.6) is 0 Å². The van der Waals surface area contributed by atoms with Gasteiger partial charge in [0.15, 0.2) is 5.82 Å². The second-order valence-corrected chi connectivity index (χ2v) is 5.74. The molecule has 1 fully saturated rings. The maximum Gasteiger partial charge on any atom is 0.273 e. The Bertz CT molecular complexity index is 705. The predicted octanol–water partition coefficient (Wildman–Crippen LogP) is 2.94. The predicted molar refractivity (Wildman–Crippen MR) is 80.1 cm³/mol. The molecule has 3 rings (SSSR count). The second kappa shape index (κ2) is 5.49. The summed E-state index contributed by atoms with van der Waals surface area (Å²) in [5, 5.41) is 15.1. The lowest BCUT2D eigenvalue weighted by Crippen LogP contribution is -2.34. The third kappa shape index (κ3) is 2.48. The maximum absolute atomic E-state index is 11.1. The number of aromatic nitrogens is 2. The Hall–Kier alpha value is -2.28. The van der Waals surface area contributed by atoms with Crippen LogP contribution in [0.15, 0.2) is 22.7 Å². The molecule has 22 heavy (non-hydrogen) atoms. The van der Waals surface area contributed by atoms with Gasteiger partial charge in [0, 0.05) is 17.2 Å². The van der Waals surface area contributed by atoms with E-state index in [1.807, 2.05) is 6.92 Å². The number of nitrogens with zero attached hydrogens (tertiary/aromatic N) is 3. The summed E-state index contributed by atoms with van der Waals surface area (Å²) in [6.07, 6.45) is 4.37. The summed E-state index contributed by atoms with van der Waals surface area (Å²) in [6.45, 7) is 1.88. The largest absolute Gasteiger partial charge is 0.334 e. The normalized spacial score (nSPS) is 16.8. The molecule has 1 aliphatic carbocycles. The van der Waals surface area contributed by atoms with Gasteiger partial charge in [0.25, 0.3) is 11.6 Å². The number of nitro benzene ring substituents is 1. The molecule has 7 heteroatoms. The smallest absolute Gasteiger partial charge is 0.273 e. The summed E-state index contributed by atoms with van der Waals surface area (Å²) in [4.78, 5) is 15.1. The van der Waals surface area contributed by atoms with E-state index in [2.05, 4.69) is 10.1 Å². The Labute approximate surface area is 127 Å². The number of nitro groups is 1. The van der Waals surface area contributed by atoms with Crippen molar-refractivity contribution in [2.75, 3.05) is 0 Å². The topological polar surface area (TPSA) is 108 Å². The lowest BCUT2D eigenvalue weighted by atomic mass is 9.98. The number of aryl methyl sites for hydroxylation is 1. The standard InChI is InChI=1S/C15H18N4O3/c1-2-10-5-6-11(9-12(10)19(20)21)13-17-14(18-22-13)15(16)7-3-4-8-15/h5-6,9H,2-4,7-8,16H2,1H3. The van der Waals surface area contributed by atoms with E-state index in [0.717, 1.165) is 25.7 Å². The van der Waals surface area contributed by atoms with Crippen molar-refractivity contribution in [2.24, 2.45) is 5.73 Å². The molecule has 0 aliphatic heterocycles. The summed E-state index contributed by atoms with van der Waals surface area (Å²) >= 11 is 0. The lowest BCUT2D eigenvalue weighted by Gasteiger charge is -2.17. The molecule has 0 radical (unpaired) electrons. The fraction of sp³-hybridized carbons (Fsp3) is 0.467. The minimum absolute atomic E-state index is 0.0723. The first-order valence-corrected chi connectivity index (χ1v) is 7.44. The Morgan fingerprint density at radius 1 is 1.41 bits per heavy atom. The van der Waals surface area contributed by atoms with Crippen LogP contribution in [0.2, 0.25) is 0 Å². The summed E-state index contributed by atoms with van der Waals surface area (Å²) in [6, 6.07) is 4.97. The van der Waals surface area contributed by atoms with Gasteiger partial charge >= 0.3 is 0 Å². The van der Waals surface area contributed by atoms with Crippen LogP contribution in [0, 0.1) is 10.1 Å². The van der Waals surface area contributed by atoms with E-state index in [1.54, 1.807) is 12.1 Å². The van der Waals surface area contributed by atoms with E-state index in [9.17, 15) is 10.1 Å². The van der Waals surface area contributed by atoms with Crippen molar-refractivity contribution < 1.29 is 9.45 Å². The molecule has 0 saturated heterocycles. The highest BCUT2D eigenvalue weighted by Gasteiger charge is 2.36. The molecule has 1 aromatic carbocycles. The molecular weight excluding hydrogens is 284 g/mol. The van der Waals surface area contributed by atoms with Gasteiger partial charge in [-0.25, -0.2) is 0 Å². The van der Waals surface area contributed by atoms with E-state index in [-0.39, 0.29) is 16.5 Å². The first-order chi connectivity index (χ1) is 10.5. The average molecular weight is 302 g/mol. The van der Waals surface area contributed by atoms with E-state index >= 15 is 0 Å². The van der Waals surface area contributed by atoms with Crippen LogP contribution in [-0.4, -0.2) is 15.1 Å². The first-order valence-electron chi connectivity index (χ1n) is 7.44. The molecule has 0 unspecified atom stereocenters. The van der Waals surface area contributed by atoms with Gasteiger partial charge < -0.3 is 10.3 Å². The van der Waals surface area contributed by atoms with Crippen LogP contribution in [0.3, 0.4) is 0 Å². The zero-order chi connectivity index (χ0) is 15.7. The van der Waals surface area contributed by atoms with E-state index < -0.39 is 5.54 Å². The van der Waals surface area contributed by atoms with Crippen LogP contribution in [0.4, 0.5) is 5.69 Å². The quantitative estimate of drug-likeness (QED) is 0.687. The Kier molecular flexibility index (Phi) is 3.66. The van der Waals surface area contributed by atoms with E-state index in [1.165, 1.54) is 6.07 Å². The van der Waals surface area contributed by atoms with Gasteiger partial charge in [0.1, 0.15) is 0 Å². The zero-order valence-corrected chi connectivity index (χ0v) is 12.4. The SMILES string of the molecule is CCc1ccc(-c2nc(C3(N)CCCC3)no2)cc1[N+](=O)[O-]. The molecule has 116 valence electrons. The molecule has 0 atom stereocenters. The molecule has 0 amide bonds.